The second-order valence-corrected chi connectivity index (χ2v) is 2.55. The van der Waals surface area contributed by atoms with Crippen LogP contribution in [-0.4, -0.2) is 15.0 Å². The van der Waals surface area contributed by atoms with Gasteiger partial charge >= 0.3 is 0 Å². The van der Waals surface area contributed by atoms with Gasteiger partial charge in [-0.1, -0.05) is 0 Å². The highest BCUT2D eigenvalue weighted by atomic mass is 19.3. The van der Waals surface area contributed by atoms with Crippen LogP contribution in [0.5, 0.6) is 0 Å². The Kier molecular flexibility index (Phi) is 3.20. The summed E-state index contributed by atoms with van der Waals surface area (Å²) >= 11 is 0. The average molecular weight is 222 g/mol. The second-order valence-electron chi connectivity index (χ2n) is 2.55. The van der Waals surface area contributed by atoms with Crippen molar-refractivity contribution in [3.8, 4) is 0 Å². The summed E-state index contributed by atoms with van der Waals surface area (Å²) in [7, 11) is 0. The molecule has 1 aromatic rings. The number of aliphatic hydroxyl groups is 1. The minimum atomic E-state index is -3.15. The Labute approximate surface area is 81.3 Å². The second kappa shape index (κ2) is 4.22. The van der Waals surface area contributed by atoms with Crippen molar-refractivity contribution >= 4 is 5.69 Å². The third-order valence-electron chi connectivity index (χ3n) is 1.70. The molecule has 0 aromatic carbocycles. The van der Waals surface area contributed by atoms with Gasteiger partial charge in [-0.25, -0.2) is 13.8 Å². The Hall–Kier alpha value is -1.70. The van der Waals surface area contributed by atoms with E-state index >= 15 is 0 Å². The van der Waals surface area contributed by atoms with E-state index in [9.17, 15) is 23.3 Å². The first-order chi connectivity index (χ1) is 6.99. The predicted octanol–water partition coefficient (Wildman–Crippen LogP) is 1.56. The average Bonchev–Trinajstić information content (AvgIpc) is 2.16. The number of alkyl halides is 2. The van der Waals surface area contributed by atoms with Gasteiger partial charge in [0.1, 0.15) is 11.1 Å². The molecule has 1 heterocycles. The molecule has 0 spiro atoms. The molecule has 8 heteroatoms. The highest BCUT2D eigenvalue weighted by Gasteiger charge is 2.28. The Morgan fingerprint density at radius 2 is 2.20 bits per heavy atom. The molecular formula is C7H5F3N2O3. The minimum Gasteiger partial charge on any atom is -0.391 e. The van der Waals surface area contributed by atoms with Gasteiger partial charge in [-0.05, 0) is 0 Å². The molecule has 0 unspecified atom stereocenters. The number of hydrogen-bond acceptors (Lipinski definition) is 4. The monoisotopic (exact) mass is 222 g/mol. The third kappa shape index (κ3) is 2.04. The van der Waals surface area contributed by atoms with Crippen molar-refractivity contribution in [1.29, 1.82) is 0 Å². The molecule has 1 aromatic heterocycles. The number of aliphatic hydroxyl groups excluding tert-OH is 1. The Morgan fingerprint density at radius 1 is 1.60 bits per heavy atom. The van der Waals surface area contributed by atoms with E-state index in [1.807, 2.05) is 0 Å². The summed E-state index contributed by atoms with van der Waals surface area (Å²) in [6.45, 7) is -1.06. The number of halogens is 3. The topological polar surface area (TPSA) is 76.3 Å². The number of aromatic nitrogens is 1. The molecular weight excluding hydrogens is 217 g/mol. The van der Waals surface area contributed by atoms with Gasteiger partial charge in [0.15, 0.2) is 0 Å². The number of nitro groups is 1. The van der Waals surface area contributed by atoms with E-state index in [2.05, 4.69) is 4.98 Å². The lowest BCUT2D eigenvalue weighted by molar-refractivity contribution is -0.387. The Morgan fingerprint density at radius 3 is 2.60 bits per heavy atom. The highest BCUT2D eigenvalue weighted by Crippen LogP contribution is 2.32. The fourth-order valence-electron chi connectivity index (χ4n) is 1.05. The zero-order valence-corrected chi connectivity index (χ0v) is 7.15. The van der Waals surface area contributed by atoms with Crippen molar-refractivity contribution in [3.63, 3.8) is 0 Å². The normalized spacial score (nSPS) is 10.7. The molecule has 0 fully saturated rings. The van der Waals surface area contributed by atoms with E-state index in [0.29, 0.717) is 6.20 Å². The quantitative estimate of drug-likeness (QED) is 0.478. The van der Waals surface area contributed by atoms with Gasteiger partial charge in [-0.2, -0.15) is 4.39 Å². The van der Waals surface area contributed by atoms with E-state index in [1.54, 1.807) is 0 Å². The standard InChI is InChI=1S/C7H5F3N2O3/c8-6(9)3-1-11-7(10)4(2-13)5(3)12(14)15/h1,6,13H,2H2. The van der Waals surface area contributed by atoms with Gasteiger partial charge in [-0.3, -0.25) is 10.1 Å². The van der Waals surface area contributed by atoms with E-state index in [1.165, 1.54) is 0 Å². The molecule has 0 atom stereocenters. The van der Waals surface area contributed by atoms with Crippen LogP contribution in [0.25, 0.3) is 0 Å². The third-order valence-corrected chi connectivity index (χ3v) is 1.70. The maximum absolute atomic E-state index is 12.8. The van der Waals surface area contributed by atoms with Gasteiger partial charge in [0.05, 0.1) is 11.5 Å². The van der Waals surface area contributed by atoms with Crippen molar-refractivity contribution in [2.24, 2.45) is 0 Å². The number of pyridine rings is 1. The van der Waals surface area contributed by atoms with Crippen LogP contribution in [0.15, 0.2) is 6.20 Å². The summed E-state index contributed by atoms with van der Waals surface area (Å²) in [6.07, 6.45) is -2.76. The minimum absolute atomic E-state index is 0.386. The van der Waals surface area contributed by atoms with Crippen LogP contribution in [0, 0.1) is 16.1 Å². The Balaban J connectivity index is 3.49. The van der Waals surface area contributed by atoms with Crippen LogP contribution in [0.3, 0.4) is 0 Å². The fourth-order valence-corrected chi connectivity index (χ4v) is 1.05. The molecule has 0 aliphatic carbocycles. The van der Waals surface area contributed by atoms with Crippen LogP contribution in [0.4, 0.5) is 18.9 Å². The zero-order chi connectivity index (χ0) is 11.6. The molecule has 0 bridgehead atoms. The zero-order valence-electron chi connectivity index (χ0n) is 7.15. The lowest BCUT2D eigenvalue weighted by Gasteiger charge is -2.05. The summed E-state index contributed by atoms with van der Waals surface area (Å²) < 4.78 is 37.4. The van der Waals surface area contributed by atoms with Crippen molar-refractivity contribution in [1.82, 2.24) is 4.98 Å². The molecule has 0 aliphatic heterocycles. The van der Waals surface area contributed by atoms with Crippen LogP contribution < -0.4 is 0 Å². The lowest BCUT2D eigenvalue weighted by Crippen LogP contribution is -2.05. The largest absolute Gasteiger partial charge is 0.391 e. The predicted molar refractivity (Wildman–Crippen MR) is 41.7 cm³/mol. The fraction of sp³-hybridized carbons (Fsp3) is 0.286. The number of hydrogen-bond donors (Lipinski definition) is 1. The molecule has 0 saturated carbocycles. The molecule has 0 radical (unpaired) electrons. The van der Waals surface area contributed by atoms with Gasteiger partial charge < -0.3 is 5.11 Å². The SMILES string of the molecule is O=[N+]([O-])c1c(C(F)F)cnc(F)c1CO. The number of rotatable bonds is 3. The van der Waals surface area contributed by atoms with E-state index in [-0.39, 0.29) is 0 Å². The van der Waals surface area contributed by atoms with Crippen LogP contribution in [0.2, 0.25) is 0 Å². The molecule has 15 heavy (non-hydrogen) atoms. The number of nitrogens with zero attached hydrogens (tertiary/aromatic N) is 2. The summed E-state index contributed by atoms with van der Waals surface area (Å²) in [4.78, 5) is 12.2. The molecule has 1 rings (SSSR count). The van der Waals surface area contributed by atoms with Crippen molar-refractivity contribution < 1.29 is 23.2 Å². The molecule has 82 valence electrons. The summed E-state index contributed by atoms with van der Waals surface area (Å²) in [5, 5.41) is 19.0. The molecule has 0 saturated heterocycles. The van der Waals surface area contributed by atoms with Gasteiger partial charge in [0.2, 0.25) is 5.95 Å². The van der Waals surface area contributed by atoms with Crippen LogP contribution in [-0.2, 0) is 6.61 Å². The highest BCUT2D eigenvalue weighted by molar-refractivity contribution is 5.46. The molecule has 1 N–H and O–H groups in total. The van der Waals surface area contributed by atoms with Gasteiger partial charge in [0, 0.05) is 6.20 Å². The van der Waals surface area contributed by atoms with Crippen LogP contribution >= 0.6 is 0 Å². The first-order valence-electron chi connectivity index (χ1n) is 3.69. The lowest BCUT2D eigenvalue weighted by atomic mass is 10.1. The molecule has 5 nitrogen and oxygen atoms in total. The van der Waals surface area contributed by atoms with Crippen molar-refractivity contribution in [2.45, 2.75) is 13.0 Å². The first-order valence-corrected chi connectivity index (χ1v) is 3.69. The maximum atomic E-state index is 12.8. The molecule has 0 aliphatic rings. The first kappa shape index (κ1) is 11.4. The van der Waals surface area contributed by atoms with Crippen molar-refractivity contribution in [3.05, 3.63) is 33.4 Å². The Bertz CT molecular complexity index is 397. The van der Waals surface area contributed by atoms with E-state index in [0.717, 1.165) is 0 Å². The van der Waals surface area contributed by atoms with Crippen molar-refractivity contribution in [2.75, 3.05) is 0 Å². The molecule has 0 amide bonds. The van der Waals surface area contributed by atoms with E-state index in [4.69, 9.17) is 5.11 Å². The summed E-state index contributed by atoms with van der Waals surface area (Å²) in [6, 6.07) is 0. The van der Waals surface area contributed by atoms with Gasteiger partial charge in [0.25, 0.3) is 12.1 Å². The van der Waals surface area contributed by atoms with Crippen LogP contribution in [0.1, 0.15) is 17.6 Å². The summed E-state index contributed by atoms with van der Waals surface area (Å²) in [5.41, 5.74) is -2.97. The van der Waals surface area contributed by atoms with E-state index < -0.39 is 40.7 Å². The smallest absolute Gasteiger partial charge is 0.289 e. The maximum Gasteiger partial charge on any atom is 0.289 e. The van der Waals surface area contributed by atoms with Gasteiger partial charge in [-0.15, -0.1) is 0 Å². The summed E-state index contributed by atoms with van der Waals surface area (Å²) in [5.74, 6) is -1.33.